The van der Waals surface area contributed by atoms with Gasteiger partial charge in [-0.05, 0) is 86.1 Å². The van der Waals surface area contributed by atoms with Crippen LogP contribution in [-0.2, 0) is 0 Å². The minimum absolute atomic E-state index is 0.527. The molecule has 2 N–H and O–H groups in total. The zero-order valence-corrected chi connectivity index (χ0v) is 21.3. The minimum Gasteiger partial charge on any atom is -0.306 e. The van der Waals surface area contributed by atoms with E-state index in [4.69, 9.17) is 0 Å². The SMILES string of the molecule is C=CCC/C(=C\C)C1=CC=C(C2CCC(CNSc3cccc4cnccc34)N2)CC1.CC. The highest BCUT2D eigenvalue weighted by Gasteiger charge is 2.27. The fraction of sp³-hybridized carbons (Fsp3) is 0.414. The fourth-order valence-electron chi connectivity index (χ4n) is 4.63. The molecule has 4 heteroatoms. The summed E-state index contributed by atoms with van der Waals surface area (Å²) in [5.74, 6) is 0. The molecule has 1 saturated heterocycles. The van der Waals surface area contributed by atoms with Crippen molar-refractivity contribution < 1.29 is 0 Å². The van der Waals surface area contributed by atoms with Crippen LogP contribution in [0.4, 0.5) is 0 Å². The Morgan fingerprint density at radius 3 is 2.85 bits per heavy atom. The van der Waals surface area contributed by atoms with Gasteiger partial charge < -0.3 is 5.32 Å². The first-order valence-corrected chi connectivity index (χ1v) is 13.2. The number of aromatic nitrogens is 1. The highest BCUT2D eigenvalue weighted by Crippen LogP contribution is 2.31. The molecule has 0 bridgehead atoms. The summed E-state index contributed by atoms with van der Waals surface area (Å²) < 4.78 is 3.60. The van der Waals surface area contributed by atoms with E-state index >= 15 is 0 Å². The van der Waals surface area contributed by atoms with Gasteiger partial charge in [0.1, 0.15) is 0 Å². The monoisotopic (exact) mass is 461 g/mol. The molecule has 2 aromatic rings. The molecule has 1 fully saturated rings. The van der Waals surface area contributed by atoms with Crippen LogP contribution in [0, 0.1) is 0 Å². The number of hydrogen-bond acceptors (Lipinski definition) is 4. The summed E-state index contributed by atoms with van der Waals surface area (Å²) in [5.41, 5.74) is 4.56. The van der Waals surface area contributed by atoms with E-state index in [1.165, 1.54) is 46.1 Å². The molecule has 0 spiro atoms. The summed E-state index contributed by atoms with van der Waals surface area (Å²) in [6.07, 6.45) is 19.8. The average molecular weight is 462 g/mol. The molecule has 1 aromatic carbocycles. The number of allylic oxidation sites excluding steroid dienone is 6. The van der Waals surface area contributed by atoms with E-state index in [1.54, 1.807) is 17.5 Å². The summed E-state index contributed by atoms with van der Waals surface area (Å²) in [4.78, 5) is 5.49. The quantitative estimate of drug-likeness (QED) is 0.299. The summed E-state index contributed by atoms with van der Waals surface area (Å²) in [7, 11) is 0. The number of benzene rings is 1. The number of nitrogens with one attached hydrogen (secondary N) is 2. The largest absolute Gasteiger partial charge is 0.306 e. The van der Waals surface area contributed by atoms with Crippen molar-refractivity contribution in [1.82, 2.24) is 15.0 Å². The number of nitrogens with zero attached hydrogens (tertiary/aromatic N) is 1. The van der Waals surface area contributed by atoms with Gasteiger partial charge in [0, 0.05) is 41.3 Å². The van der Waals surface area contributed by atoms with Crippen LogP contribution in [0.1, 0.15) is 59.3 Å². The third-order valence-corrected chi connectivity index (χ3v) is 7.29. The molecule has 2 atom stereocenters. The number of fused-ring (bicyclic) bond motifs is 1. The van der Waals surface area contributed by atoms with Crippen LogP contribution in [0.5, 0.6) is 0 Å². The van der Waals surface area contributed by atoms with Crippen molar-refractivity contribution >= 4 is 22.7 Å². The van der Waals surface area contributed by atoms with Crippen LogP contribution in [0.2, 0.25) is 0 Å². The van der Waals surface area contributed by atoms with Crippen LogP contribution in [0.3, 0.4) is 0 Å². The summed E-state index contributed by atoms with van der Waals surface area (Å²) in [6.45, 7) is 11.0. The number of rotatable bonds is 9. The molecule has 2 heterocycles. The molecule has 1 aromatic heterocycles. The number of hydrogen-bond donors (Lipinski definition) is 2. The lowest BCUT2D eigenvalue weighted by molar-refractivity contribution is 0.558. The lowest BCUT2D eigenvalue weighted by Crippen LogP contribution is -2.36. The van der Waals surface area contributed by atoms with Gasteiger partial charge in [-0.15, -0.1) is 6.58 Å². The lowest BCUT2D eigenvalue weighted by atomic mass is 9.88. The third kappa shape index (κ3) is 6.92. The maximum atomic E-state index is 4.23. The summed E-state index contributed by atoms with van der Waals surface area (Å²) in [5, 5.41) is 6.32. The smallest absolute Gasteiger partial charge is 0.0346 e. The molecule has 176 valence electrons. The Balaban J connectivity index is 0.00000149. The molecule has 0 saturated carbocycles. The zero-order chi connectivity index (χ0) is 23.5. The Hall–Kier alpha value is -2.14. The molecule has 0 radical (unpaired) electrons. The second-order valence-electron chi connectivity index (χ2n) is 8.37. The van der Waals surface area contributed by atoms with E-state index in [0.717, 1.165) is 25.8 Å². The molecule has 2 aliphatic rings. The molecule has 2 unspecified atom stereocenters. The van der Waals surface area contributed by atoms with Crippen molar-refractivity contribution in [2.45, 2.75) is 76.3 Å². The Bertz CT molecular complexity index is 1000. The molecule has 1 aliphatic heterocycles. The highest BCUT2D eigenvalue weighted by atomic mass is 32.2. The van der Waals surface area contributed by atoms with Crippen molar-refractivity contribution in [2.75, 3.05) is 6.54 Å². The van der Waals surface area contributed by atoms with Gasteiger partial charge in [0.2, 0.25) is 0 Å². The van der Waals surface area contributed by atoms with Crippen molar-refractivity contribution in [1.29, 1.82) is 0 Å². The van der Waals surface area contributed by atoms with Gasteiger partial charge in [-0.2, -0.15) is 0 Å². The normalized spacial score (nSPS) is 20.6. The van der Waals surface area contributed by atoms with Gasteiger partial charge >= 0.3 is 0 Å². The molecule has 4 rings (SSSR count). The summed E-state index contributed by atoms with van der Waals surface area (Å²) >= 11 is 1.73. The molecular weight excluding hydrogens is 422 g/mol. The van der Waals surface area contributed by atoms with Crippen molar-refractivity contribution in [3.63, 3.8) is 0 Å². The first kappa shape index (κ1) is 25.5. The van der Waals surface area contributed by atoms with Crippen LogP contribution in [0.25, 0.3) is 10.8 Å². The molecule has 33 heavy (non-hydrogen) atoms. The van der Waals surface area contributed by atoms with Crippen LogP contribution in [-0.4, -0.2) is 23.6 Å². The van der Waals surface area contributed by atoms with E-state index in [2.05, 4.69) is 71.0 Å². The van der Waals surface area contributed by atoms with E-state index in [0.29, 0.717) is 12.1 Å². The van der Waals surface area contributed by atoms with Gasteiger partial charge in [-0.3, -0.25) is 9.71 Å². The summed E-state index contributed by atoms with van der Waals surface area (Å²) in [6, 6.07) is 9.55. The Morgan fingerprint density at radius 2 is 2.09 bits per heavy atom. The van der Waals surface area contributed by atoms with Crippen molar-refractivity contribution in [3.05, 3.63) is 84.3 Å². The fourth-order valence-corrected chi connectivity index (χ4v) is 5.52. The predicted octanol–water partition coefficient (Wildman–Crippen LogP) is 7.54. The first-order chi connectivity index (χ1) is 16.3. The Kier molecular flexibility index (Phi) is 10.5. The Labute approximate surface area is 204 Å². The van der Waals surface area contributed by atoms with E-state index in [-0.39, 0.29) is 0 Å². The van der Waals surface area contributed by atoms with Gasteiger partial charge in [0.15, 0.2) is 0 Å². The van der Waals surface area contributed by atoms with Gasteiger partial charge in [-0.1, -0.05) is 55.9 Å². The van der Waals surface area contributed by atoms with Crippen LogP contribution in [0.15, 0.2) is 89.2 Å². The molecule has 3 nitrogen and oxygen atoms in total. The van der Waals surface area contributed by atoms with E-state index in [1.807, 2.05) is 32.3 Å². The average Bonchev–Trinajstić information content (AvgIpc) is 3.35. The standard InChI is InChI=1S/C27H33N3S.C2H6/c1-3-5-7-20(4-2)21-10-12-22(13-11-21)26-15-14-24(30-26)19-29-31-27-9-6-8-23-18-28-17-16-25(23)27;1-2/h3-4,6,8-10,12,16-18,24,26,29-30H,1,5,7,11,13-15,19H2,2H3;1-2H3/b20-4+;. The molecule has 0 amide bonds. The van der Waals surface area contributed by atoms with Gasteiger partial charge in [0.05, 0.1) is 0 Å². The predicted molar refractivity (Wildman–Crippen MR) is 145 cm³/mol. The molecule has 1 aliphatic carbocycles. The van der Waals surface area contributed by atoms with Gasteiger partial charge in [0.25, 0.3) is 0 Å². The lowest BCUT2D eigenvalue weighted by Gasteiger charge is -2.22. The number of pyridine rings is 1. The van der Waals surface area contributed by atoms with Crippen molar-refractivity contribution in [2.24, 2.45) is 0 Å². The first-order valence-electron chi connectivity index (χ1n) is 12.4. The second-order valence-corrected chi connectivity index (χ2v) is 9.30. The molecular formula is C29H39N3S. The van der Waals surface area contributed by atoms with E-state index < -0.39 is 0 Å². The maximum absolute atomic E-state index is 4.23. The van der Waals surface area contributed by atoms with E-state index in [9.17, 15) is 0 Å². The van der Waals surface area contributed by atoms with Gasteiger partial charge in [-0.25, -0.2) is 0 Å². The topological polar surface area (TPSA) is 37.0 Å². The highest BCUT2D eigenvalue weighted by molar-refractivity contribution is 7.97. The zero-order valence-electron chi connectivity index (χ0n) is 20.4. The third-order valence-electron chi connectivity index (χ3n) is 6.40. The minimum atomic E-state index is 0.527. The maximum Gasteiger partial charge on any atom is 0.0346 e. The van der Waals surface area contributed by atoms with Crippen molar-refractivity contribution in [3.8, 4) is 0 Å². The van der Waals surface area contributed by atoms with Crippen LogP contribution < -0.4 is 10.0 Å². The van der Waals surface area contributed by atoms with Crippen LogP contribution >= 0.6 is 11.9 Å². The second kappa shape index (κ2) is 13.5. The Morgan fingerprint density at radius 1 is 1.21 bits per heavy atom.